The van der Waals surface area contributed by atoms with Crippen LogP contribution >= 0.6 is 11.3 Å². The number of fused-ring (bicyclic) bond motifs is 1. The molecule has 2 N–H and O–H groups in total. The van der Waals surface area contributed by atoms with E-state index in [0.29, 0.717) is 5.92 Å². The van der Waals surface area contributed by atoms with E-state index in [9.17, 15) is 9.59 Å². The highest BCUT2D eigenvalue weighted by Gasteiger charge is 2.32. The van der Waals surface area contributed by atoms with Crippen molar-refractivity contribution < 1.29 is 9.59 Å². The zero-order chi connectivity index (χ0) is 18.8. The predicted octanol–water partition coefficient (Wildman–Crippen LogP) is 3.74. The molecule has 2 saturated carbocycles. The standard InChI is InChI=1S/C21H27N3O2S/c1-13(25)22-17-11-8-15(12-17)20(26)23-16-9-6-14(7-10-16)21-24-18-4-2-3-5-19(18)27-21/h2-5,14-17H,6-12H2,1H3,(H,22,25)(H,23,26)/t14-,15?,16+,17?. The van der Waals surface area contributed by atoms with Crippen LogP contribution in [0.25, 0.3) is 10.2 Å². The van der Waals surface area contributed by atoms with E-state index in [1.54, 1.807) is 0 Å². The Bertz CT molecular complexity index is 793. The quantitative estimate of drug-likeness (QED) is 0.842. The lowest BCUT2D eigenvalue weighted by molar-refractivity contribution is -0.126. The maximum Gasteiger partial charge on any atom is 0.223 e. The minimum Gasteiger partial charge on any atom is -0.354 e. The molecule has 0 saturated heterocycles. The van der Waals surface area contributed by atoms with Crippen LogP contribution in [-0.4, -0.2) is 28.9 Å². The van der Waals surface area contributed by atoms with Crippen molar-refractivity contribution in [2.24, 2.45) is 5.92 Å². The SMILES string of the molecule is CC(=O)NC1CCC(C(=O)N[C@H]2CC[C@@H](c3nc4ccccc4s3)CC2)C1. The maximum atomic E-state index is 12.6. The first-order chi connectivity index (χ1) is 13.1. The average molecular weight is 386 g/mol. The molecule has 0 aliphatic heterocycles. The van der Waals surface area contributed by atoms with Crippen LogP contribution in [0.1, 0.15) is 62.8 Å². The second-order valence-corrected chi connectivity index (χ2v) is 9.05. The van der Waals surface area contributed by atoms with Gasteiger partial charge in [-0.2, -0.15) is 0 Å². The van der Waals surface area contributed by atoms with Gasteiger partial charge < -0.3 is 10.6 Å². The molecule has 0 spiro atoms. The lowest BCUT2D eigenvalue weighted by atomic mass is 9.86. The van der Waals surface area contributed by atoms with Crippen LogP contribution in [0.2, 0.25) is 0 Å². The highest BCUT2D eigenvalue weighted by atomic mass is 32.1. The van der Waals surface area contributed by atoms with Gasteiger partial charge in [-0.05, 0) is 57.1 Å². The molecule has 2 atom stereocenters. The number of amides is 2. The topological polar surface area (TPSA) is 71.1 Å². The van der Waals surface area contributed by atoms with Crippen molar-refractivity contribution in [2.75, 3.05) is 0 Å². The molecule has 0 bridgehead atoms. The van der Waals surface area contributed by atoms with Crippen molar-refractivity contribution in [3.05, 3.63) is 29.3 Å². The summed E-state index contributed by atoms with van der Waals surface area (Å²) in [6, 6.07) is 8.76. The monoisotopic (exact) mass is 385 g/mol. The molecule has 2 aromatic rings. The van der Waals surface area contributed by atoms with Gasteiger partial charge in [-0.1, -0.05) is 12.1 Å². The van der Waals surface area contributed by atoms with Crippen LogP contribution < -0.4 is 10.6 Å². The van der Waals surface area contributed by atoms with Gasteiger partial charge in [0.15, 0.2) is 0 Å². The van der Waals surface area contributed by atoms with Crippen LogP contribution in [0, 0.1) is 5.92 Å². The molecule has 4 rings (SSSR count). The molecule has 1 aromatic carbocycles. The molecular formula is C21H27N3O2S. The second kappa shape index (κ2) is 7.97. The summed E-state index contributed by atoms with van der Waals surface area (Å²) in [4.78, 5) is 28.6. The van der Waals surface area contributed by atoms with E-state index in [4.69, 9.17) is 4.98 Å². The van der Waals surface area contributed by atoms with Gasteiger partial charge in [-0.15, -0.1) is 11.3 Å². The van der Waals surface area contributed by atoms with Gasteiger partial charge >= 0.3 is 0 Å². The number of rotatable bonds is 4. The molecule has 27 heavy (non-hydrogen) atoms. The molecule has 0 radical (unpaired) electrons. The predicted molar refractivity (Wildman–Crippen MR) is 108 cm³/mol. The molecule has 6 heteroatoms. The Hall–Kier alpha value is -1.95. The van der Waals surface area contributed by atoms with Crippen LogP contribution in [0.15, 0.2) is 24.3 Å². The Morgan fingerprint density at radius 1 is 1.00 bits per heavy atom. The van der Waals surface area contributed by atoms with E-state index in [2.05, 4.69) is 28.8 Å². The second-order valence-electron chi connectivity index (χ2n) is 7.98. The van der Waals surface area contributed by atoms with E-state index >= 15 is 0 Å². The summed E-state index contributed by atoms with van der Waals surface area (Å²) in [7, 11) is 0. The number of benzene rings is 1. The van der Waals surface area contributed by atoms with Gasteiger partial charge in [0, 0.05) is 30.8 Å². The first-order valence-electron chi connectivity index (χ1n) is 10.0. The van der Waals surface area contributed by atoms with E-state index in [1.807, 2.05) is 17.4 Å². The Kier molecular flexibility index (Phi) is 5.43. The molecule has 2 aliphatic carbocycles. The summed E-state index contributed by atoms with van der Waals surface area (Å²) in [5.74, 6) is 0.732. The van der Waals surface area contributed by atoms with E-state index in [-0.39, 0.29) is 29.8 Å². The number of aromatic nitrogens is 1. The number of nitrogens with zero attached hydrogens (tertiary/aromatic N) is 1. The molecule has 2 fully saturated rings. The lowest BCUT2D eigenvalue weighted by Gasteiger charge is -2.29. The van der Waals surface area contributed by atoms with Gasteiger partial charge in [0.05, 0.1) is 15.2 Å². The number of para-hydroxylation sites is 1. The third-order valence-corrected chi connectivity index (χ3v) is 7.14. The van der Waals surface area contributed by atoms with Crippen molar-refractivity contribution in [3.63, 3.8) is 0 Å². The van der Waals surface area contributed by atoms with Gasteiger partial charge in [-0.3, -0.25) is 9.59 Å². The molecule has 144 valence electrons. The van der Waals surface area contributed by atoms with Gasteiger partial charge in [0.2, 0.25) is 11.8 Å². The van der Waals surface area contributed by atoms with Crippen molar-refractivity contribution in [1.29, 1.82) is 0 Å². The minimum atomic E-state index is -0.00534. The van der Waals surface area contributed by atoms with Crippen molar-refractivity contribution in [3.8, 4) is 0 Å². The fourth-order valence-corrected chi connectivity index (χ4v) is 5.64. The smallest absolute Gasteiger partial charge is 0.223 e. The molecule has 2 unspecified atom stereocenters. The molecule has 5 nitrogen and oxygen atoms in total. The summed E-state index contributed by atoms with van der Waals surface area (Å²) >= 11 is 1.81. The van der Waals surface area contributed by atoms with Crippen LogP contribution in [0.3, 0.4) is 0 Å². The number of carbonyl (C=O) groups excluding carboxylic acids is 2. The zero-order valence-corrected chi connectivity index (χ0v) is 16.6. The van der Waals surface area contributed by atoms with Crippen molar-refractivity contribution >= 4 is 33.4 Å². The highest BCUT2D eigenvalue weighted by Crippen LogP contribution is 2.37. The molecular weight excluding hydrogens is 358 g/mol. The summed E-state index contributed by atoms with van der Waals surface area (Å²) in [6.07, 6.45) is 6.77. The van der Waals surface area contributed by atoms with Gasteiger partial charge in [-0.25, -0.2) is 4.98 Å². The first kappa shape index (κ1) is 18.4. The number of thiazole rings is 1. The Morgan fingerprint density at radius 3 is 2.48 bits per heavy atom. The maximum absolute atomic E-state index is 12.6. The fraction of sp³-hybridized carbons (Fsp3) is 0.571. The largest absolute Gasteiger partial charge is 0.354 e. The fourth-order valence-electron chi connectivity index (χ4n) is 4.51. The zero-order valence-electron chi connectivity index (χ0n) is 15.7. The molecule has 1 aromatic heterocycles. The highest BCUT2D eigenvalue weighted by molar-refractivity contribution is 7.18. The molecule has 1 heterocycles. The van der Waals surface area contributed by atoms with Crippen LogP contribution in [0.4, 0.5) is 0 Å². The molecule has 2 amide bonds. The Labute approximate surface area is 163 Å². The van der Waals surface area contributed by atoms with Crippen molar-refractivity contribution in [1.82, 2.24) is 15.6 Å². The summed E-state index contributed by atoms with van der Waals surface area (Å²) in [6.45, 7) is 1.54. The number of hydrogen-bond acceptors (Lipinski definition) is 4. The van der Waals surface area contributed by atoms with Crippen LogP contribution in [-0.2, 0) is 9.59 Å². The number of hydrogen-bond donors (Lipinski definition) is 2. The summed E-state index contributed by atoms with van der Waals surface area (Å²) < 4.78 is 1.26. The van der Waals surface area contributed by atoms with E-state index in [1.165, 1.54) is 16.6 Å². The molecule has 2 aliphatic rings. The van der Waals surface area contributed by atoms with Crippen molar-refractivity contribution in [2.45, 2.75) is 69.9 Å². The summed E-state index contributed by atoms with van der Waals surface area (Å²) in [5.41, 5.74) is 1.10. The summed E-state index contributed by atoms with van der Waals surface area (Å²) in [5, 5.41) is 7.45. The third-order valence-electron chi connectivity index (χ3n) is 5.94. The normalized spacial score (nSPS) is 28.2. The first-order valence-corrected chi connectivity index (χ1v) is 10.8. The number of nitrogens with one attached hydrogen (secondary N) is 2. The van der Waals surface area contributed by atoms with Gasteiger partial charge in [0.25, 0.3) is 0 Å². The Morgan fingerprint density at radius 2 is 1.74 bits per heavy atom. The lowest BCUT2D eigenvalue weighted by Crippen LogP contribution is -2.40. The van der Waals surface area contributed by atoms with E-state index < -0.39 is 0 Å². The average Bonchev–Trinajstić information content (AvgIpc) is 3.28. The Balaban J connectivity index is 1.27. The van der Waals surface area contributed by atoms with Gasteiger partial charge in [0.1, 0.15) is 0 Å². The third kappa shape index (κ3) is 4.32. The van der Waals surface area contributed by atoms with Crippen LogP contribution in [0.5, 0.6) is 0 Å². The number of carbonyl (C=O) groups is 2. The minimum absolute atomic E-state index is 0.00534. The van der Waals surface area contributed by atoms with E-state index in [0.717, 1.165) is 50.5 Å².